The number of aromatic amines is 1. The van der Waals surface area contributed by atoms with E-state index in [2.05, 4.69) is 15.5 Å². The quantitative estimate of drug-likeness (QED) is 0.655. The molecule has 1 aromatic carbocycles. The van der Waals surface area contributed by atoms with Crippen molar-refractivity contribution < 1.29 is 9.50 Å². The van der Waals surface area contributed by atoms with Crippen molar-refractivity contribution in [2.45, 2.75) is 12.6 Å². The Morgan fingerprint density at radius 2 is 2.14 bits per heavy atom. The summed E-state index contributed by atoms with van der Waals surface area (Å²) in [7, 11) is 0. The van der Waals surface area contributed by atoms with Gasteiger partial charge >= 0.3 is 0 Å². The molecule has 0 saturated carbocycles. The number of nitrogens with one attached hydrogen (secondary N) is 2. The van der Waals surface area contributed by atoms with Crippen molar-refractivity contribution in [3.63, 3.8) is 0 Å². The van der Waals surface area contributed by atoms with E-state index in [0.717, 1.165) is 16.1 Å². The van der Waals surface area contributed by atoms with Gasteiger partial charge in [-0.15, -0.1) is 11.3 Å². The zero-order chi connectivity index (χ0) is 15.4. The lowest BCUT2D eigenvalue weighted by Gasteiger charge is -2.13. The summed E-state index contributed by atoms with van der Waals surface area (Å²) >= 11 is 1.64. The Hall–Kier alpha value is -2.02. The van der Waals surface area contributed by atoms with Crippen LogP contribution < -0.4 is 5.32 Å². The topological polar surface area (TPSA) is 60.9 Å². The van der Waals surface area contributed by atoms with Crippen LogP contribution in [0, 0.1) is 5.82 Å². The average Bonchev–Trinajstić information content (AvgIpc) is 3.18. The van der Waals surface area contributed by atoms with Crippen LogP contribution in [0.4, 0.5) is 4.39 Å². The van der Waals surface area contributed by atoms with Gasteiger partial charge in [-0.1, -0.05) is 24.3 Å². The van der Waals surface area contributed by atoms with Gasteiger partial charge in [0, 0.05) is 24.2 Å². The number of aliphatic hydroxyl groups is 1. The number of aliphatic hydroxyl groups excluding tert-OH is 1. The van der Waals surface area contributed by atoms with Crippen LogP contribution in [-0.2, 0) is 6.54 Å². The van der Waals surface area contributed by atoms with Gasteiger partial charge in [0.05, 0.1) is 22.9 Å². The van der Waals surface area contributed by atoms with Crippen LogP contribution in [0.25, 0.3) is 10.6 Å². The molecule has 3 N–H and O–H groups in total. The first-order chi connectivity index (χ1) is 10.8. The number of hydrogen-bond acceptors (Lipinski definition) is 4. The summed E-state index contributed by atoms with van der Waals surface area (Å²) < 4.78 is 13.6. The molecule has 22 heavy (non-hydrogen) atoms. The van der Waals surface area contributed by atoms with Crippen molar-refractivity contribution in [3.05, 3.63) is 64.9 Å². The lowest BCUT2D eigenvalue weighted by atomic mass is 10.1. The van der Waals surface area contributed by atoms with Crippen LogP contribution in [0.5, 0.6) is 0 Å². The van der Waals surface area contributed by atoms with E-state index < -0.39 is 6.10 Å². The lowest BCUT2D eigenvalue weighted by molar-refractivity contribution is 0.169. The highest BCUT2D eigenvalue weighted by atomic mass is 32.1. The molecule has 114 valence electrons. The van der Waals surface area contributed by atoms with Gasteiger partial charge in [-0.05, 0) is 17.5 Å². The first-order valence-corrected chi connectivity index (χ1v) is 7.83. The van der Waals surface area contributed by atoms with Crippen molar-refractivity contribution in [2.24, 2.45) is 0 Å². The molecule has 2 heterocycles. The molecule has 6 heteroatoms. The van der Waals surface area contributed by atoms with Crippen molar-refractivity contribution in [3.8, 4) is 10.6 Å². The minimum Gasteiger partial charge on any atom is -0.387 e. The Morgan fingerprint density at radius 1 is 1.27 bits per heavy atom. The fraction of sp³-hybridized carbons (Fsp3) is 0.188. The van der Waals surface area contributed by atoms with Crippen LogP contribution in [0.1, 0.15) is 17.2 Å². The predicted octanol–water partition coefficient (Wildman–Crippen LogP) is 3.10. The molecule has 0 saturated heterocycles. The molecule has 3 rings (SSSR count). The van der Waals surface area contributed by atoms with Crippen molar-refractivity contribution in [1.82, 2.24) is 15.5 Å². The smallest absolute Gasteiger partial charge is 0.129 e. The molecule has 0 unspecified atom stereocenters. The van der Waals surface area contributed by atoms with Gasteiger partial charge in [-0.2, -0.15) is 5.10 Å². The second kappa shape index (κ2) is 6.83. The van der Waals surface area contributed by atoms with Crippen molar-refractivity contribution in [1.29, 1.82) is 0 Å². The van der Waals surface area contributed by atoms with E-state index in [9.17, 15) is 9.50 Å². The molecule has 0 fully saturated rings. The highest BCUT2D eigenvalue weighted by molar-refractivity contribution is 7.13. The maximum atomic E-state index is 13.6. The molecule has 1 atom stereocenters. The molecule has 0 spiro atoms. The summed E-state index contributed by atoms with van der Waals surface area (Å²) in [6, 6.07) is 10.3. The Balaban J connectivity index is 1.60. The van der Waals surface area contributed by atoms with Gasteiger partial charge in [0.25, 0.3) is 0 Å². The van der Waals surface area contributed by atoms with E-state index in [0.29, 0.717) is 12.1 Å². The average molecular weight is 317 g/mol. The SMILES string of the molecule is O[C@H](CNCc1cn[nH]c1-c1cccs1)c1ccccc1F. The molecular formula is C16H16FN3OS. The first kappa shape index (κ1) is 14.9. The molecule has 0 bridgehead atoms. The maximum absolute atomic E-state index is 13.6. The van der Waals surface area contributed by atoms with E-state index in [4.69, 9.17) is 0 Å². The minimum atomic E-state index is -0.877. The Bertz CT molecular complexity index is 727. The normalized spacial score (nSPS) is 12.5. The third kappa shape index (κ3) is 3.24. The summed E-state index contributed by atoms with van der Waals surface area (Å²) in [5, 5.41) is 22.3. The number of nitrogens with zero attached hydrogens (tertiary/aromatic N) is 1. The second-order valence-corrected chi connectivity index (χ2v) is 5.86. The molecule has 0 radical (unpaired) electrons. The fourth-order valence-corrected chi connectivity index (χ4v) is 3.03. The van der Waals surface area contributed by atoms with Gasteiger partial charge in [0.2, 0.25) is 0 Å². The molecule has 2 aromatic heterocycles. The standard InChI is InChI=1S/C16H16FN3OS/c17-13-5-2-1-4-12(13)14(21)10-18-8-11-9-19-20-16(11)15-6-3-7-22-15/h1-7,9,14,18,21H,8,10H2,(H,19,20)/t14-/m1/s1. The van der Waals surface area contributed by atoms with Gasteiger partial charge in [-0.3, -0.25) is 5.10 Å². The highest BCUT2D eigenvalue weighted by Crippen LogP contribution is 2.25. The first-order valence-electron chi connectivity index (χ1n) is 6.95. The van der Waals surface area contributed by atoms with Gasteiger partial charge in [0.15, 0.2) is 0 Å². The zero-order valence-electron chi connectivity index (χ0n) is 11.8. The summed E-state index contributed by atoms with van der Waals surface area (Å²) in [6.07, 6.45) is 0.885. The predicted molar refractivity (Wildman–Crippen MR) is 85.0 cm³/mol. The maximum Gasteiger partial charge on any atom is 0.129 e. The summed E-state index contributed by atoms with van der Waals surface area (Å²) in [4.78, 5) is 1.11. The van der Waals surface area contributed by atoms with E-state index in [1.807, 2.05) is 17.5 Å². The van der Waals surface area contributed by atoms with Gasteiger partial charge in [-0.25, -0.2) is 4.39 Å². The second-order valence-electron chi connectivity index (χ2n) is 4.92. The Morgan fingerprint density at radius 3 is 2.91 bits per heavy atom. The van der Waals surface area contributed by atoms with E-state index in [1.165, 1.54) is 6.07 Å². The van der Waals surface area contributed by atoms with E-state index in [1.54, 1.807) is 35.7 Å². The number of thiophene rings is 1. The van der Waals surface area contributed by atoms with Crippen molar-refractivity contribution >= 4 is 11.3 Å². The monoisotopic (exact) mass is 317 g/mol. The summed E-state index contributed by atoms with van der Waals surface area (Å²) in [6.45, 7) is 0.825. The van der Waals surface area contributed by atoms with Gasteiger partial charge in [0.1, 0.15) is 5.82 Å². The molecule has 0 aliphatic heterocycles. The molecule has 3 aromatic rings. The Kier molecular flexibility index (Phi) is 4.62. The van der Waals surface area contributed by atoms with Crippen LogP contribution in [0.3, 0.4) is 0 Å². The van der Waals surface area contributed by atoms with Crippen molar-refractivity contribution in [2.75, 3.05) is 6.54 Å². The molecule has 0 amide bonds. The number of benzene rings is 1. The third-order valence-corrected chi connectivity index (χ3v) is 4.29. The number of halogens is 1. The lowest BCUT2D eigenvalue weighted by Crippen LogP contribution is -2.21. The largest absolute Gasteiger partial charge is 0.387 e. The fourth-order valence-electron chi connectivity index (χ4n) is 2.28. The molecule has 4 nitrogen and oxygen atoms in total. The molecular weight excluding hydrogens is 301 g/mol. The number of H-pyrrole nitrogens is 1. The van der Waals surface area contributed by atoms with E-state index >= 15 is 0 Å². The summed E-state index contributed by atoms with van der Waals surface area (Å²) in [5.74, 6) is -0.389. The molecule has 0 aliphatic carbocycles. The van der Waals surface area contributed by atoms with Crippen LogP contribution in [-0.4, -0.2) is 21.8 Å². The highest BCUT2D eigenvalue weighted by Gasteiger charge is 2.13. The Labute approximate surface area is 131 Å². The number of aromatic nitrogens is 2. The number of hydrogen-bond donors (Lipinski definition) is 3. The van der Waals surface area contributed by atoms with Crippen LogP contribution >= 0.6 is 11.3 Å². The summed E-state index contributed by atoms with van der Waals surface area (Å²) in [5.41, 5.74) is 2.30. The third-order valence-electron chi connectivity index (χ3n) is 3.40. The minimum absolute atomic E-state index is 0.274. The van der Waals surface area contributed by atoms with Gasteiger partial charge < -0.3 is 10.4 Å². The zero-order valence-corrected chi connectivity index (χ0v) is 12.6. The number of rotatable bonds is 6. The van der Waals surface area contributed by atoms with Crippen LogP contribution in [0.15, 0.2) is 48.0 Å². The van der Waals surface area contributed by atoms with Crippen LogP contribution in [0.2, 0.25) is 0 Å². The van der Waals surface area contributed by atoms with E-state index in [-0.39, 0.29) is 12.4 Å². The molecule has 0 aliphatic rings.